The number of carboxylic acids is 1. The second-order valence-corrected chi connectivity index (χ2v) is 10.7. The summed E-state index contributed by atoms with van der Waals surface area (Å²) in [4.78, 5) is 65.7. The van der Waals surface area contributed by atoms with Crippen molar-refractivity contribution in [2.75, 3.05) is 13.7 Å². The summed E-state index contributed by atoms with van der Waals surface area (Å²) >= 11 is 0. The van der Waals surface area contributed by atoms with Crippen LogP contribution in [0.25, 0.3) is 0 Å². The van der Waals surface area contributed by atoms with E-state index in [1.807, 2.05) is 6.08 Å². The molecule has 1 fully saturated rings. The zero-order valence-electron chi connectivity index (χ0n) is 21.9. The van der Waals surface area contributed by atoms with Crippen molar-refractivity contribution in [1.82, 2.24) is 4.90 Å². The Labute approximate surface area is 225 Å². The smallest absolute Gasteiger partial charge is 0.303 e. The number of imide groups is 1. The number of allylic oxidation sites excluding steroid dienone is 6. The van der Waals surface area contributed by atoms with Crippen LogP contribution in [-0.2, 0) is 24.0 Å². The van der Waals surface area contributed by atoms with Gasteiger partial charge in [-0.2, -0.15) is 0 Å². The molecule has 0 saturated carbocycles. The Morgan fingerprint density at radius 3 is 2.56 bits per heavy atom. The molecule has 0 aromatic heterocycles. The van der Waals surface area contributed by atoms with Crippen LogP contribution in [0.4, 0.5) is 0 Å². The largest absolute Gasteiger partial charge is 0.504 e. The topological polar surface area (TPSA) is 138 Å². The Morgan fingerprint density at radius 1 is 1.08 bits per heavy atom. The van der Waals surface area contributed by atoms with E-state index in [4.69, 9.17) is 9.84 Å². The highest BCUT2D eigenvalue weighted by Gasteiger charge is 2.56. The van der Waals surface area contributed by atoms with E-state index in [1.54, 1.807) is 25.1 Å². The van der Waals surface area contributed by atoms with E-state index in [9.17, 15) is 29.1 Å². The molecule has 1 aromatic rings. The summed E-state index contributed by atoms with van der Waals surface area (Å²) in [5, 5.41) is 19.9. The van der Waals surface area contributed by atoms with E-state index in [0.717, 1.165) is 5.57 Å². The van der Waals surface area contributed by atoms with E-state index in [1.165, 1.54) is 18.1 Å². The van der Waals surface area contributed by atoms with Gasteiger partial charge in [-0.05, 0) is 50.7 Å². The molecule has 0 radical (unpaired) electrons. The maximum atomic E-state index is 13.7. The number of carbonyl (C=O) groups is 5. The number of nitrogens with zero attached hydrogens (tertiary/aromatic N) is 1. The van der Waals surface area contributed by atoms with Gasteiger partial charge in [-0.15, -0.1) is 0 Å². The predicted octanol–water partition coefficient (Wildman–Crippen LogP) is 3.48. The first-order valence-corrected chi connectivity index (χ1v) is 13.3. The highest BCUT2D eigenvalue weighted by Crippen LogP contribution is 2.56. The van der Waals surface area contributed by atoms with Crippen LogP contribution in [0.3, 0.4) is 0 Å². The summed E-state index contributed by atoms with van der Waals surface area (Å²) in [7, 11) is 1.43. The highest BCUT2D eigenvalue weighted by molar-refractivity contribution is 6.23. The monoisotopic (exact) mass is 533 g/mol. The van der Waals surface area contributed by atoms with Crippen molar-refractivity contribution in [3.8, 4) is 11.5 Å². The predicted molar refractivity (Wildman–Crippen MR) is 139 cm³/mol. The molecule has 1 saturated heterocycles. The molecule has 1 aromatic carbocycles. The lowest BCUT2D eigenvalue weighted by Crippen LogP contribution is -2.39. The van der Waals surface area contributed by atoms with Crippen LogP contribution in [0.15, 0.2) is 52.6 Å². The average molecular weight is 534 g/mol. The molecule has 1 aliphatic heterocycles. The number of aliphatic carboxylic acids is 1. The summed E-state index contributed by atoms with van der Waals surface area (Å²) in [5.74, 6) is -4.34. The minimum atomic E-state index is -0.878. The third-order valence-corrected chi connectivity index (χ3v) is 8.49. The lowest BCUT2D eigenvalue weighted by Gasteiger charge is -2.42. The molecule has 4 unspecified atom stereocenters. The lowest BCUT2D eigenvalue weighted by atomic mass is 9.59. The number of rotatable bonds is 8. The number of para-hydroxylation sites is 1. The molecular formula is C30H31NO8. The highest BCUT2D eigenvalue weighted by atomic mass is 16.5. The van der Waals surface area contributed by atoms with Crippen molar-refractivity contribution in [1.29, 1.82) is 0 Å². The number of ether oxygens (including phenoxy) is 1. The summed E-state index contributed by atoms with van der Waals surface area (Å²) in [6.07, 6.45) is 5.33. The zero-order valence-corrected chi connectivity index (χ0v) is 21.9. The standard InChI is InChI=1S/C30H31NO8/c1-15-13-21(32)26-20(27(15)35)14-19-16(24(26)17-7-6-8-22(39-2)28(17)36)10-11-18-25(19)30(38)31(29(18)37)12-5-3-4-9-23(33)34/h6-8,10,13,18-19,24-25,36H,3-5,9,11-12,14H2,1-2H3,(H,33,34). The number of carboxylic acid groups (broad SMARTS) is 1. The molecule has 0 bridgehead atoms. The van der Waals surface area contributed by atoms with Gasteiger partial charge < -0.3 is 14.9 Å². The molecule has 1 heterocycles. The van der Waals surface area contributed by atoms with Crippen molar-refractivity contribution in [2.45, 2.75) is 51.4 Å². The number of carbonyl (C=O) groups excluding carboxylic acids is 4. The molecule has 2 amide bonds. The number of fused-ring (bicyclic) bond motifs is 3. The van der Waals surface area contributed by atoms with Crippen LogP contribution in [0.1, 0.15) is 56.9 Å². The molecule has 39 heavy (non-hydrogen) atoms. The van der Waals surface area contributed by atoms with Gasteiger partial charge in [-0.3, -0.25) is 28.9 Å². The molecule has 9 nitrogen and oxygen atoms in total. The minimum Gasteiger partial charge on any atom is -0.504 e. The van der Waals surface area contributed by atoms with Crippen LogP contribution in [0.5, 0.6) is 11.5 Å². The normalized spacial score (nSPS) is 26.2. The van der Waals surface area contributed by atoms with E-state index in [2.05, 4.69) is 0 Å². The average Bonchev–Trinajstić information content (AvgIpc) is 3.15. The molecule has 5 rings (SSSR count). The van der Waals surface area contributed by atoms with E-state index >= 15 is 0 Å². The van der Waals surface area contributed by atoms with Crippen LogP contribution >= 0.6 is 0 Å². The van der Waals surface area contributed by atoms with Crippen molar-refractivity contribution in [3.63, 3.8) is 0 Å². The van der Waals surface area contributed by atoms with Gasteiger partial charge in [0, 0.05) is 41.2 Å². The number of methoxy groups -OCH3 is 1. The fraction of sp³-hybridized carbons (Fsp3) is 0.433. The van der Waals surface area contributed by atoms with Crippen molar-refractivity contribution in [3.05, 3.63) is 58.2 Å². The quantitative estimate of drug-likeness (QED) is 0.224. The Hall–Kier alpha value is -4.01. The van der Waals surface area contributed by atoms with Crippen LogP contribution in [0.2, 0.25) is 0 Å². The number of likely N-dealkylation sites (tertiary alicyclic amines) is 1. The van der Waals surface area contributed by atoms with Gasteiger partial charge in [-0.1, -0.05) is 30.2 Å². The first-order chi connectivity index (χ1) is 18.6. The Bertz CT molecular complexity index is 1380. The minimum absolute atomic E-state index is 0.0407. The maximum absolute atomic E-state index is 13.7. The molecule has 9 heteroatoms. The van der Waals surface area contributed by atoms with E-state index < -0.39 is 29.6 Å². The number of amides is 2. The first kappa shape index (κ1) is 26.6. The number of ketones is 2. The number of aromatic hydroxyl groups is 1. The third kappa shape index (κ3) is 4.39. The maximum Gasteiger partial charge on any atom is 0.303 e. The van der Waals surface area contributed by atoms with Gasteiger partial charge in [0.25, 0.3) is 0 Å². The van der Waals surface area contributed by atoms with Crippen LogP contribution in [0, 0.1) is 17.8 Å². The van der Waals surface area contributed by atoms with Crippen molar-refractivity contribution in [2.24, 2.45) is 17.8 Å². The Balaban J connectivity index is 1.52. The summed E-state index contributed by atoms with van der Waals surface area (Å²) < 4.78 is 5.31. The van der Waals surface area contributed by atoms with Gasteiger partial charge >= 0.3 is 5.97 Å². The van der Waals surface area contributed by atoms with Gasteiger partial charge in [-0.25, -0.2) is 0 Å². The number of phenols is 1. The number of benzene rings is 1. The second kappa shape index (κ2) is 10.3. The fourth-order valence-electron chi connectivity index (χ4n) is 6.68. The fourth-order valence-corrected chi connectivity index (χ4v) is 6.68. The van der Waals surface area contributed by atoms with Gasteiger partial charge in [0.1, 0.15) is 0 Å². The molecule has 3 aliphatic carbocycles. The van der Waals surface area contributed by atoms with E-state index in [-0.39, 0.29) is 54.3 Å². The third-order valence-electron chi connectivity index (χ3n) is 8.49. The van der Waals surface area contributed by atoms with E-state index in [0.29, 0.717) is 48.0 Å². The molecule has 4 atom stereocenters. The molecule has 2 N–H and O–H groups in total. The number of hydrogen-bond donors (Lipinski definition) is 2. The molecule has 0 spiro atoms. The second-order valence-electron chi connectivity index (χ2n) is 10.7. The first-order valence-electron chi connectivity index (χ1n) is 13.3. The van der Waals surface area contributed by atoms with Crippen LogP contribution < -0.4 is 4.74 Å². The Morgan fingerprint density at radius 2 is 1.85 bits per heavy atom. The number of unbranched alkanes of at least 4 members (excludes halogenated alkanes) is 2. The zero-order chi connectivity index (χ0) is 28.0. The number of hydrogen-bond acceptors (Lipinski definition) is 7. The van der Waals surface area contributed by atoms with Gasteiger partial charge in [0.2, 0.25) is 11.8 Å². The number of phenolic OH excluding ortho intramolecular Hbond substituents is 1. The van der Waals surface area contributed by atoms with Crippen LogP contribution in [-0.4, -0.2) is 58.1 Å². The van der Waals surface area contributed by atoms with Gasteiger partial charge in [0.05, 0.1) is 18.9 Å². The van der Waals surface area contributed by atoms with Crippen molar-refractivity contribution < 1.29 is 38.9 Å². The van der Waals surface area contributed by atoms with Crippen molar-refractivity contribution >= 4 is 29.4 Å². The molecular weight excluding hydrogens is 502 g/mol. The number of Topliss-reactive ketones (excluding diaryl/α,β-unsaturated/α-hetero) is 1. The summed E-state index contributed by atoms with van der Waals surface area (Å²) in [6.45, 7) is 1.81. The molecule has 4 aliphatic rings. The summed E-state index contributed by atoms with van der Waals surface area (Å²) in [5.41, 5.74) is 2.14. The molecule has 204 valence electrons. The SMILES string of the molecule is COc1cccc(C2C3=CCC4C(=O)N(CCCCCC(=O)O)C(=O)C4C3CC3=C2C(=O)C=C(C)C3=O)c1O. The lowest BCUT2D eigenvalue weighted by molar-refractivity contribution is -0.141. The van der Waals surface area contributed by atoms with Gasteiger partial charge in [0.15, 0.2) is 23.1 Å². The summed E-state index contributed by atoms with van der Waals surface area (Å²) in [6, 6.07) is 5.00. The Kier molecular flexibility index (Phi) is 7.01.